The first kappa shape index (κ1) is 18.7. The molecule has 1 aliphatic heterocycles. The summed E-state index contributed by atoms with van der Waals surface area (Å²) in [4.78, 5) is 25.2. The summed E-state index contributed by atoms with van der Waals surface area (Å²) in [5.74, 6) is -0.985. The van der Waals surface area contributed by atoms with E-state index in [1.54, 1.807) is 13.0 Å². The van der Waals surface area contributed by atoms with Crippen LogP contribution in [0.1, 0.15) is 33.6 Å². The molecule has 0 spiro atoms. The number of carbonyl (C=O) groups is 2. The lowest BCUT2D eigenvalue weighted by Gasteiger charge is -2.27. The Hall–Kier alpha value is -2.62. The zero-order valence-corrected chi connectivity index (χ0v) is 14.7. The highest BCUT2D eigenvalue weighted by Gasteiger charge is 2.29. The number of nitriles is 1. The minimum atomic E-state index is -0.954. The first-order valence-corrected chi connectivity index (χ1v) is 8.33. The number of hydrogen-bond acceptors (Lipinski definition) is 4. The van der Waals surface area contributed by atoms with E-state index in [9.17, 15) is 19.2 Å². The van der Waals surface area contributed by atoms with Crippen LogP contribution >= 0.6 is 0 Å². The molecule has 1 aromatic carbocycles. The van der Waals surface area contributed by atoms with Gasteiger partial charge in [0.2, 0.25) is 11.8 Å². The van der Waals surface area contributed by atoms with Gasteiger partial charge in [0.15, 0.2) is 0 Å². The molecule has 2 N–H and O–H groups in total. The van der Waals surface area contributed by atoms with Gasteiger partial charge in [-0.1, -0.05) is 13.8 Å². The van der Waals surface area contributed by atoms with Gasteiger partial charge >= 0.3 is 0 Å². The maximum absolute atomic E-state index is 14.3. The van der Waals surface area contributed by atoms with Crippen LogP contribution in [0.25, 0.3) is 0 Å². The van der Waals surface area contributed by atoms with Gasteiger partial charge in [-0.3, -0.25) is 9.59 Å². The number of rotatable bonds is 6. The monoisotopic (exact) mass is 346 g/mol. The molecule has 6 nitrogen and oxygen atoms in total. The van der Waals surface area contributed by atoms with E-state index in [1.807, 2.05) is 13.8 Å². The molecule has 1 aliphatic rings. The van der Waals surface area contributed by atoms with E-state index >= 15 is 0 Å². The molecule has 1 aromatic rings. The zero-order valence-electron chi connectivity index (χ0n) is 14.7. The van der Waals surface area contributed by atoms with E-state index in [2.05, 4.69) is 16.7 Å². The molecule has 1 fully saturated rings. The van der Waals surface area contributed by atoms with Crippen molar-refractivity contribution in [2.75, 3.05) is 23.3 Å². The van der Waals surface area contributed by atoms with Crippen LogP contribution in [-0.2, 0) is 9.59 Å². The molecule has 0 aromatic heterocycles. The molecule has 1 saturated heterocycles. The van der Waals surface area contributed by atoms with Crippen molar-refractivity contribution in [3.8, 4) is 6.07 Å². The van der Waals surface area contributed by atoms with Crippen molar-refractivity contribution in [1.82, 2.24) is 5.32 Å². The number of amides is 2. The summed E-state index contributed by atoms with van der Waals surface area (Å²) in [6.07, 6.45) is 1.17. The van der Waals surface area contributed by atoms with E-state index in [1.165, 1.54) is 17.0 Å². The molecule has 1 heterocycles. The summed E-state index contributed by atoms with van der Waals surface area (Å²) in [6, 6.07) is 6.53. The van der Waals surface area contributed by atoms with Crippen LogP contribution in [0, 0.1) is 23.1 Å². The Morgan fingerprint density at radius 3 is 2.72 bits per heavy atom. The highest BCUT2D eigenvalue weighted by atomic mass is 19.1. The maximum atomic E-state index is 14.3. The van der Waals surface area contributed by atoms with Crippen LogP contribution in [0.3, 0.4) is 0 Å². The van der Waals surface area contributed by atoms with Gasteiger partial charge in [-0.25, -0.2) is 4.39 Å². The lowest BCUT2D eigenvalue weighted by Crippen LogP contribution is -2.50. The van der Waals surface area contributed by atoms with E-state index in [0.29, 0.717) is 18.7 Å². The van der Waals surface area contributed by atoms with Crippen molar-refractivity contribution in [2.45, 2.75) is 39.2 Å². The Balaban J connectivity index is 1.98. The van der Waals surface area contributed by atoms with Crippen LogP contribution in [0.2, 0.25) is 0 Å². The minimum Gasteiger partial charge on any atom is -0.376 e. The third kappa shape index (κ3) is 4.27. The van der Waals surface area contributed by atoms with Gasteiger partial charge in [0, 0.05) is 18.7 Å². The first-order chi connectivity index (χ1) is 11.8. The number of hydrogen-bond donors (Lipinski definition) is 2. The van der Waals surface area contributed by atoms with Crippen molar-refractivity contribution in [2.24, 2.45) is 5.92 Å². The molecule has 25 heavy (non-hydrogen) atoms. The Morgan fingerprint density at radius 1 is 1.48 bits per heavy atom. The molecule has 1 atom stereocenters. The topological polar surface area (TPSA) is 85.2 Å². The predicted molar refractivity (Wildman–Crippen MR) is 93.5 cm³/mol. The SMILES string of the molecule is CC(C)[C@@](C)(C#N)NC(=O)CNc1ccc(N2CCCC2=O)c(F)c1. The summed E-state index contributed by atoms with van der Waals surface area (Å²) in [5, 5.41) is 14.7. The quantitative estimate of drug-likeness (QED) is 0.828. The lowest BCUT2D eigenvalue weighted by molar-refractivity contribution is -0.121. The molecule has 2 rings (SSSR count). The number of anilines is 2. The number of nitrogens with one attached hydrogen (secondary N) is 2. The Kier molecular flexibility index (Phi) is 5.62. The number of carbonyl (C=O) groups excluding carboxylic acids is 2. The standard InChI is InChI=1S/C18H23FN4O2/c1-12(2)18(3,11-20)22-16(24)10-21-13-6-7-15(14(19)9-13)23-8-4-5-17(23)25/h6-7,9,12,21H,4-5,8,10H2,1-3H3,(H,22,24)/t18-/m1/s1. The van der Waals surface area contributed by atoms with Crippen LogP contribution < -0.4 is 15.5 Å². The van der Waals surface area contributed by atoms with Crippen molar-refractivity contribution >= 4 is 23.2 Å². The molecular formula is C18H23FN4O2. The van der Waals surface area contributed by atoms with E-state index in [-0.39, 0.29) is 30.0 Å². The molecule has 0 radical (unpaired) electrons. The number of nitrogens with zero attached hydrogens (tertiary/aromatic N) is 2. The maximum Gasteiger partial charge on any atom is 0.240 e. The summed E-state index contributed by atoms with van der Waals surface area (Å²) < 4.78 is 14.3. The second kappa shape index (κ2) is 7.51. The number of benzene rings is 1. The minimum absolute atomic E-state index is 0.0452. The van der Waals surface area contributed by atoms with Crippen LogP contribution in [0.15, 0.2) is 18.2 Å². The fourth-order valence-electron chi connectivity index (χ4n) is 2.56. The van der Waals surface area contributed by atoms with Crippen molar-refractivity contribution in [3.05, 3.63) is 24.0 Å². The summed E-state index contributed by atoms with van der Waals surface area (Å²) in [5.41, 5.74) is -0.259. The highest BCUT2D eigenvalue weighted by molar-refractivity contribution is 5.95. The van der Waals surface area contributed by atoms with E-state index in [0.717, 1.165) is 6.42 Å². The van der Waals surface area contributed by atoms with E-state index in [4.69, 9.17) is 0 Å². The fourth-order valence-corrected chi connectivity index (χ4v) is 2.56. The van der Waals surface area contributed by atoms with Crippen LogP contribution in [-0.4, -0.2) is 30.4 Å². The Morgan fingerprint density at radius 2 is 2.20 bits per heavy atom. The molecule has 7 heteroatoms. The molecule has 0 aliphatic carbocycles. The second-order valence-corrected chi connectivity index (χ2v) is 6.69. The van der Waals surface area contributed by atoms with Gasteiger partial charge in [-0.05, 0) is 37.5 Å². The van der Waals surface area contributed by atoms with Gasteiger partial charge < -0.3 is 15.5 Å². The normalized spacial score (nSPS) is 16.5. The summed E-state index contributed by atoms with van der Waals surface area (Å²) in [6.45, 7) is 5.81. The Labute approximate surface area is 147 Å². The van der Waals surface area contributed by atoms with Gasteiger partial charge in [-0.15, -0.1) is 0 Å². The zero-order chi connectivity index (χ0) is 18.6. The average Bonchev–Trinajstić information content (AvgIpc) is 2.98. The first-order valence-electron chi connectivity index (χ1n) is 8.33. The fraction of sp³-hybridized carbons (Fsp3) is 0.500. The van der Waals surface area contributed by atoms with Crippen molar-refractivity contribution in [1.29, 1.82) is 5.26 Å². The van der Waals surface area contributed by atoms with E-state index < -0.39 is 11.4 Å². The van der Waals surface area contributed by atoms with Gasteiger partial charge in [0.1, 0.15) is 11.4 Å². The molecule has 0 bridgehead atoms. The van der Waals surface area contributed by atoms with Crippen LogP contribution in [0.5, 0.6) is 0 Å². The molecule has 0 saturated carbocycles. The molecular weight excluding hydrogens is 323 g/mol. The van der Waals surface area contributed by atoms with Gasteiger partial charge in [0.25, 0.3) is 0 Å². The second-order valence-electron chi connectivity index (χ2n) is 6.69. The number of halogens is 1. The lowest BCUT2D eigenvalue weighted by atomic mass is 9.90. The Bertz CT molecular complexity index is 714. The third-order valence-electron chi connectivity index (χ3n) is 4.55. The summed E-state index contributed by atoms with van der Waals surface area (Å²) in [7, 11) is 0. The van der Waals surface area contributed by atoms with Gasteiger partial charge in [-0.2, -0.15) is 5.26 Å². The van der Waals surface area contributed by atoms with Crippen molar-refractivity contribution in [3.63, 3.8) is 0 Å². The van der Waals surface area contributed by atoms with Gasteiger partial charge in [0.05, 0.1) is 18.3 Å². The molecule has 134 valence electrons. The smallest absolute Gasteiger partial charge is 0.240 e. The third-order valence-corrected chi connectivity index (χ3v) is 4.55. The predicted octanol–water partition coefficient (Wildman–Crippen LogP) is 2.42. The highest BCUT2D eigenvalue weighted by Crippen LogP contribution is 2.26. The van der Waals surface area contributed by atoms with Crippen LogP contribution in [0.4, 0.5) is 15.8 Å². The average molecular weight is 346 g/mol. The molecule has 0 unspecified atom stereocenters. The summed E-state index contributed by atoms with van der Waals surface area (Å²) >= 11 is 0. The molecule has 2 amide bonds. The van der Waals surface area contributed by atoms with Crippen molar-refractivity contribution < 1.29 is 14.0 Å². The largest absolute Gasteiger partial charge is 0.376 e.